The normalized spacial score (nSPS) is 18.7. The molecule has 1 fully saturated rings. The molecule has 2 N–H and O–H groups in total. The van der Waals surface area contributed by atoms with Gasteiger partial charge >= 0.3 is 5.69 Å². The van der Waals surface area contributed by atoms with Crippen molar-refractivity contribution in [3.05, 3.63) is 75.4 Å². The summed E-state index contributed by atoms with van der Waals surface area (Å²) in [5.74, 6) is -0.389. The second-order valence-corrected chi connectivity index (χ2v) is 8.37. The summed E-state index contributed by atoms with van der Waals surface area (Å²) in [6, 6.07) is 7.40. The van der Waals surface area contributed by atoms with Gasteiger partial charge in [0.25, 0.3) is 5.91 Å². The third-order valence-corrected chi connectivity index (χ3v) is 6.13. The van der Waals surface area contributed by atoms with E-state index in [-0.39, 0.29) is 29.4 Å². The van der Waals surface area contributed by atoms with Gasteiger partial charge in [0.15, 0.2) is 5.65 Å². The van der Waals surface area contributed by atoms with Gasteiger partial charge in [0.05, 0.1) is 42.1 Å². The number of ether oxygens (including phenoxy) is 1. The van der Waals surface area contributed by atoms with E-state index in [1.807, 2.05) is 29.6 Å². The lowest BCUT2D eigenvalue weighted by molar-refractivity contribution is -0.0260. The van der Waals surface area contributed by atoms with Gasteiger partial charge < -0.3 is 15.2 Å². The molecule has 5 rings (SSSR count). The van der Waals surface area contributed by atoms with Crippen molar-refractivity contribution in [2.45, 2.75) is 25.1 Å². The Kier molecular flexibility index (Phi) is 5.56. The average molecular weight is 452 g/mol. The maximum Gasteiger partial charge on any atom is 0.334 e. The fourth-order valence-electron chi connectivity index (χ4n) is 3.81. The van der Waals surface area contributed by atoms with Crippen LogP contribution in [0.4, 0.5) is 0 Å². The molecule has 1 saturated heterocycles. The molecule has 1 aliphatic rings. The summed E-state index contributed by atoms with van der Waals surface area (Å²) in [6.45, 7) is 0.946. The van der Waals surface area contributed by atoms with Gasteiger partial charge in [-0.05, 0) is 12.0 Å². The van der Waals surface area contributed by atoms with Crippen molar-refractivity contribution in [2.24, 2.45) is 0 Å². The van der Waals surface area contributed by atoms with Crippen molar-refractivity contribution < 1.29 is 14.6 Å². The number of nitrogens with zero attached hydrogens (tertiary/aromatic N) is 4. The molecule has 0 bridgehead atoms. The molecular formula is C22H21N5O4S. The molecule has 1 aromatic carbocycles. The smallest absolute Gasteiger partial charge is 0.334 e. The van der Waals surface area contributed by atoms with Crippen molar-refractivity contribution in [3.8, 4) is 11.3 Å². The molecule has 4 aromatic rings. The van der Waals surface area contributed by atoms with E-state index in [4.69, 9.17) is 4.74 Å². The number of aliphatic hydroxyl groups is 1. The van der Waals surface area contributed by atoms with Crippen LogP contribution in [0.2, 0.25) is 0 Å². The largest absolute Gasteiger partial charge is 0.389 e. The number of fused-ring (bicyclic) bond motifs is 1. The van der Waals surface area contributed by atoms with Crippen molar-refractivity contribution in [1.82, 2.24) is 24.3 Å². The molecular weight excluding hydrogens is 430 g/mol. The number of aromatic nitrogens is 4. The molecule has 3 aromatic heterocycles. The van der Waals surface area contributed by atoms with Crippen LogP contribution in [0.15, 0.2) is 58.5 Å². The standard InChI is InChI=1S/C22H21N5O4S/c28-19-11-31-8-5-17(19)25-21(29)16-10-26(22(30)27-7-6-23-20(16)27)9-14-1-3-15(4-2-14)18-12-32-13-24-18/h1-4,6-7,10,12-13,17,19,28H,5,8-9,11H2,(H,25,29)/t17-,19-/m0/s1. The zero-order chi connectivity index (χ0) is 22.1. The van der Waals surface area contributed by atoms with Gasteiger partial charge in [-0.15, -0.1) is 11.3 Å². The number of hydrogen-bond donors (Lipinski definition) is 2. The molecule has 0 radical (unpaired) electrons. The number of hydrogen-bond acceptors (Lipinski definition) is 7. The Morgan fingerprint density at radius 3 is 2.88 bits per heavy atom. The third kappa shape index (κ3) is 3.95. The molecule has 9 nitrogen and oxygen atoms in total. The number of amides is 1. The monoisotopic (exact) mass is 451 g/mol. The van der Waals surface area contributed by atoms with Crippen molar-refractivity contribution in [2.75, 3.05) is 13.2 Å². The van der Waals surface area contributed by atoms with Gasteiger partial charge in [0, 0.05) is 36.1 Å². The van der Waals surface area contributed by atoms with Gasteiger partial charge in [0.1, 0.15) is 0 Å². The summed E-state index contributed by atoms with van der Waals surface area (Å²) in [5.41, 5.74) is 4.88. The molecule has 0 unspecified atom stereocenters. The Morgan fingerprint density at radius 1 is 1.28 bits per heavy atom. The zero-order valence-electron chi connectivity index (χ0n) is 17.0. The van der Waals surface area contributed by atoms with Crippen LogP contribution in [0.3, 0.4) is 0 Å². The Morgan fingerprint density at radius 2 is 2.12 bits per heavy atom. The Balaban J connectivity index is 1.44. The summed E-state index contributed by atoms with van der Waals surface area (Å²) in [5, 5.41) is 14.9. The minimum Gasteiger partial charge on any atom is -0.389 e. The summed E-state index contributed by atoms with van der Waals surface area (Å²) in [4.78, 5) is 34.5. The first-order valence-corrected chi connectivity index (χ1v) is 11.1. The minimum atomic E-state index is -0.773. The van der Waals surface area contributed by atoms with E-state index in [0.29, 0.717) is 19.6 Å². The molecule has 164 valence electrons. The molecule has 4 heterocycles. The number of imidazole rings is 1. The van der Waals surface area contributed by atoms with Crippen LogP contribution in [0, 0.1) is 0 Å². The van der Waals surface area contributed by atoms with Crippen molar-refractivity contribution >= 4 is 22.9 Å². The van der Waals surface area contributed by atoms with E-state index in [9.17, 15) is 14.7 Å². The first kappa shape index (κ1) is 20.6. The Bertz CT molecular complexity index is 1300. The molecule has 0 spiro atoms. The van der Waals surface area contributed by atoms with E-state index >= 15 is 0 Å². The predicted molar refractivity (Wildman–Crippen MR) is 119 cm³/mol. The lowest BCUT2D eigenvalue weighted by Crippen LogP contribution is -2.49. The van der Waals surface area contributed by atoms with Crippen LogP contribution in [0.25, 0.3) is 16.9 Å². The van der Waals surface area contributed by atoms with E-state index < -0.39 is 12.1 Å². The summed E-state index contributed by atoms with van der Waals surface area (Å²) in [6.07, 6.45) is 4.30. The lowest BCUT2D eigenvalue weighted by atomic mass is 10.1. The highest BCUT2D eigenvalue weighted by Gasteiger charge is 2.27. The lowest BCUT2D eigenvalue weighted by Gasteiger charge is -2.28. The zero-order valence-corrected chi connectivity index (χ0v) is 17.9. The first-order valence-electron chi connectivity index (χ1n) is 10.2. The van der Waals surface area contributed by atoms with E-state index in [1.165, 1.54) is 32.7 Å². The molecule has 0 aliphatic carbocycles. The van der Waals surface area contributed by atoms with Crippen LogP contribution < -0.4 is 11.0 Å². The Labute approximate surface area is 187 Å². The number of carbonyl (C=O) groups is 1. The van der Waals surface area contributed by atoms with Crippen LogP contribution in [0.5, 0.6) is 0 Å². The van der Waals surface area contributed by atoms with Gasteiger partial charge in [-0.1, -0.05) is 24.3 Å². The Hall–Kier alpha value is -3.34. The number of thiazole rings is 1. The average Bonchev–Trinajstić information content (AvgIpc) is 3.50. The first-order chi connectivity index (χ1) is 15.6. The topological polar surface area (TPSA) is 111 Å². The number of aliphatic hydroxyl groups excluding tert-OH is 1. The highest BCUT2D eigenvalue weighted by Crippen LogP contribution is 2.20. The second-order valence-electron chi connectivity index (χ2n) is 7.66. The van der Waals surface area contributed by atoms with Crippen LogP contribution in [-0.4, -0.2) is 55.3 Å². The van der Waals surface area contributed by atoms with E-state index in [2.05, 4.69) is 15.3 Å². The second kappa shape index (κ2) is 8.65. The predicted octanol–water partition coefficient (Wildman–Crippen LogP) is 1.55. The van der Waals surface area contributed by atoms with Gasteiger partial charge in [0.2, 0.25) is 0 Å². The number of nitrogens with one attached hydrogen (secondary N) is 1. The highest BCUT2D eigenvalue weighted by molar-refractivity contribution is 7.07. The third-order valence-electron chi connectivity index (χ3n) is 5.54. The number of benzene rings is 1. The van der Waals surface area contributed by atoms with Gasteiger partial charge in [-0.3, -0.25) is 13.8 Å². The summed E-state index contributed by atoms with van der Waals surface area (Å²) in [7, 11) is 0. The SMILES string of the molecule is O=C(N[C@H]1CCOC[C@@H]1O)c1cn(Cc2ccc(-c3cscn3)cc2)c(=O)n2ccnc12. The van der Waals surface area contributed by atoms with Crippen molar-refractivity contribution in [1.29, 1.82) is 0 Å². The number of carbonyl (C=O) groups excluding carboxylic acids is 1. The number of rotatable bonds is 5. The van der Waals surface area contributed by atoms with Crippen molar-refractivity contribution in [3.63, 3.8) is 0 Å². The van der Waals surface area contributed by atoms with Gasteiger partial charge in [-0.25, -0.2) is 14.8 Å². The maximum absolute atomic E-state index is 13.0. The van der Waals surface area contributed by atoms with Gasteiger partial charge in [-0.2, -0.15) is 0 Å². The fraction of sp³-hybridized carbons (Fsp3) is 0.273. The van der Waals surface area contributed by atoms with Crippen LogP contribution in [-0.2, 0) is 11.3 Å². The van der Waals surface area contributed by atoms with Crippen LogP contribution >= 0.6 is 11.3 Å². The quantitative estimate of drug-likeness (QED) is 0.476. The fourth-order valence-corrected chi connectivity index (χ4v) is 4.37. The molecule has 10 heteroatoms. The molecule has 1 aliphatic heterocycles. The summed E-state index contributed by atoms with van der Waals surface area (Å²) >= 11 is 1.54. The minimum absolute atomic E-state index is 0.181. The van der Waals surface area contributed by atoms with E-state index in [0.717, 1.165) is 16.8 Å². The molecule has 2 atom stereocenters. The molecule has 1 amide bonds. The maximum atomic E-state index is 13.0. The summed E-state index contributed by atoms with van der Waals surface area (Å²) < 4.78 is 8.07. The van der Waals surface area contributed by atoms with Crippen LogP contribution in [0.1, 0.15) is 22.3 Å². The molecule has 32 heavy (non-hydrogen) atoms. The highest BCUT2D eigenvalue weighted by atomic mass is 32.1. The molecule has 0 saturated carbocycles. The van der Waals surface area contributed by atoms with E-state index in [1.54, 1.807) is 11.7 Å².